The lowest BCUT2D eigenvalue weighted by atomic mass is 10.2. The Bertz CT molecular complexity index is 856. The van der Waals surface area contributed by atoms with Crippen molar-refractivity contribution in [1.82, 2.24) is 4.90 Å². The first-order chi connectivity index (χ1) is 13.3. The Kier molecular flexibility index (Phi) is 6.13. The third-order valence-electron chi connectivity index (χ3n) is 3.99. The van der Waals surface area contributed by atoms with Crippen molar-refractivity contribution >= 4 is 29.4 Å². The van der Waals surface area contributed by atoms with Gasteiger partial charge in [-0.05, 0) is 35.9 Å². The summed E-state index contributed by atoms with van der Waals surface area (Å²) >= 11 is 1.03. The van der Waals surface area contributed by atoms with Gasteiger partial charge in [0.05, 0.1) is 17.9 Å². The van der Waals surface area contributed by atoms with Crippen molar-refractivity contribution in [2.24, 2.45) is 0 Å². The topological polar surface area (TPSA) is 58.6 Å². The number of nitrogens with zero attached hydrogens (tertiary/aromatic N) is 1. The van der Waals surface area contributed by atoms with Gasteiger partial charge >= 0.3 is 12.3 Å². The van der Waals surface area contributed by atoms with Crippen molar-refractivity contribution in [2.75, 3.05) is 24.2 Å². The Balaban J connectivity index is 1.50. The third kappa shape index (κ3) is 5.41. The summed E-state index contributed by atoms with van der Waals surface area (Å²) in [5.74, 6) is -0.332. The highest BCUT2D eigenvalue weighted by Gasteiger charge is 2.30. The van der Waals surface area contributed by atoms with Crippen LogP contribution in [0.2, 0.25) is 0 Å². The van der Waals surface area contributed by atoms with Gasteiger partial charge in [0.2, 0.25) is 5.91 Å². The van der Waals surface area contributed by atoms with Gasteiger partial charge in [0, 0.05) is 17.1 Å². The second kappa shape index (κ2) is 8.55. The van der Waals surface area contributed by atoms with Crippen molar-refractivity contribution in [1.29, 1.82) is 0 Å². The van der Waals surface area contributed by atoms with Gasteiger partial charge in [0.25, 0.3) is 0 Å². The number of anilines is 1. The van der Waals surface area contributed by atoms with Gasteiger partial charge in [-0.3, -0.25) is 4.79 Å². The summed E-state index contributed by atoms with van der Waals surface area (Å²) in [5, 5.41) is 2.70. The molecule has 1 aliphatic heterocycles. The zero-order valence-corrected chi connectivity index (χ0v) is 15.5. The van der Waals surface area contributed by atoms with E-state index < -0.39 is 11.7 Å². The zero-order valence-electron chi connectivity index (χ0n) is 14.7. The molecule has 9 heteroatoms. The monoisotopic (exact) mass is 410 g/mol. The van der Waals surface area contributed by atoms with E-state index in [1.807, 2.05) is 0 Å². The summed E-state index contributed by atoms with van der Waals surface area (Å²) in [6.07, 6.45) is -4.75. The lowest BCUT2D eigenvalue weighted by Crippen LogP contribution is -2.23. The van der Waals surface area contributed by atoms with E-state index in [9.17, 15) is 22.8 Å². The van der Waals surface area contributed by atoms with Gasteiger partial charge in [-0.1, -0.05) is 18.2 Å². The Hall–Kier alpha value is -2.68. The van der Waals surface area contributed by atoms with Crippen LogP contribution in [0.4, 0.5) is 23.7 Å². The second-order valence-electron chi connectivity index (χ2n) is 6.10. The molecule has 0 unspecified atom stereocenters. The van der Waals surface area contributed by atoms with Crippen LogP contribution in [-0.4, -0.2) is 35.8 Å². The smallest absolute Gasteiger partial charge is 0.416 e. The van der Waals surface area contributed by atoms with Gasteiger partial charge in [0.1, 0.15) is 6.61 Å². The molecule has 1 fully saturated rings. The maximum atomic E-state index is 12.7. The first kappa shape index (κ1) is 20.1. The molecule has 1 aliphatic rings. The van der Waals surface area contributed by atoms with Crippen LogP contribution in [0.25, 0.3) is 0 Å². The number of hydrogen-bond donors (Lipinski definition) is 1. The van der Waals surface area contributed by atoms with Crippen LogP contribution in [0.15, 0.2) is 53.4 Å². The fraction of sp³-hybridized carbons (Fsp3) is 0.263. The Labute approximate surface area is 163 Å². The van der Waals surface area contributed by atoms with Crippen molar-refractivity contribution in [2.45, 2.75) is 17.6 Å². The number of ether oxygens (including phenoxy) is 1. The molecule has 0 spiro atoms. The number of carbonyl (C=O) groups is 2. The predicted molar refractivity (Wildman–Crippen MR) is 99.0 cm³/mol. The first-order valence-electron chi connectivity index (χ1n) is 8.42. The molecule has 1 N–H and O–H groups in total. The number of benzene rings is 2. The standard InChI is InChI=1S/C19H17F3N2O3S/c20-19(21,22)14-2-1-3-16(10-14)28-12-17(25)23-15-6-4-13(5-7-15)11-24-8-9-27-18(24)26/h1-7,10H,8-9,11-12H2,(H,23,25). The molecule has 0 radical (unpaired) electrons. The molecule has 1 saturated heterocycles. The van der Waals surface area contributed by atoms with E-state index in [0.717, 1.165) is 29.5 Å². The summed E-state index contributed by atoms with van der Waals surface area (Å²) < 4.78 is 43.0. The molecule has 0 aliphatic carbocycles. The number of thioether (sulfide) groups is 1. The second-order valence-corrected chi connectivity index (χ2v) is 7.14. The number of alkyl halides is 3. The Morgan fingerprint density at radius 2 is 1.93 bits per heavy atom. The summed E-state index contributed by atoms with van der Waals surface area (Å²) in [6.45, 7) is 1.36. The Morgan fingerprint density at radius 3 is 2.57 bits per heavy atom. The maximum absolute atomic E-state index is 12.7. The number of cyclic esters (lactones) is 1. The van der Waals surface area contributed by atoms with Crippen molar-refractivity contribution < 1.29 is 27.5 Å². The van der Waals surface area contributed by atoms with E-state index in [4.69, 9.17) is 4.74 Å². The molecule has 0 bridgehead atoms. The Morgan fingerprint density at radius 1 is 1.18 bits per heavy atom. The van der Waals surface area contributed by atoms with Crippen molar-refractivity contribution in [3.8, 4) is 0 Å². The molecular weight excluding hydrogens is 393 g/mol. The van der Waals surface area contributed by atoms with Gasteiger partial charge in [0.15, 0.2) is 0 Å². The number of hydrogen-bond acceptors (Lipinski definition) is 4. The van der Waals surface area contributed by atoms with E-state index in [1.165, 1.54) is 12.1 Å². The largest absolute Gasteiger partial charge is 0.448 e. The number of halogens is 3. The number of rotatable bonds is 6. The molecule has 0 saturated carbocycles. The SMILES string of the molecule is O=C(CSc1cccc(C(F)(F)F)c1)Nc1ccc(CN2CCOC2=O)cc1. The van der Waals surface area contributed by atoms with Crippen LogP contribution in [0, 0.1) is 0 Å². The van der Waals surface area contributed by atoms with Crippen LogP contribution in [0.1, 0.15) is 11.1 Å². The molecule has 2 amide bonds. The van der Waals surface area contributed by atoms with E-state index in [2.05, 4.69) is 5.32 Å². The lowest BCUT2D eigenvalue weighted by molar-refractivity contribution is -0.137. The third-order valence-corrected chi connectivity index (χ3v) is 4.98. The molecular formula is C19H17F3N2O3S. The van der Waals surface area contributed by atoms with Gasteiger partial charge in [-0.2, -0.15) is 13.2 Å². The van der Waals surface area contributed by atoms with Crippen LogP contribution in [-0.2, 0) is 22.3 Å². The fourth-order valence-corrected chi connectivity index (χ4v) is 3.35. The number of amides is 2. The van der Waals surface area contributed by atoms with Crippen molar-refractivity contribution in [3.05, 3.63) is 59.7 Å². The van der Waals surface area contributed by atoms with E-state index in [1.54, 1.807) is 29.2 Å². The predicted octanol–water partition coefficient (Wildman–Crippen LogP) is 4.39. The first-order valence-corrected chi connectivity index (χ1v) is 9.40. The molecule has 5 nitrogen and oxygen atoms in total. The maximum Gasteiger partial charge on any atom is 0.416 e. The fourth-order valence-electron chi connectivity index (χ4n) is 2.59. The average Bonchev–Trinajstić information content (AvgIpc) is 3.06. The van der Waals surface area contributed by atoms with Crippen LogP contribution in [0.5, 0.6) is 0 Å². The minimum atomic E-state index is -4.41. The minimum absolute atomic E-state index is 0.0112. The highest BCUT2D eigenvalue weighted by molar-refractivity contribution is 8.00. The number of nitrogens with one attached hydrogen (secondary N) is 1. The molecule has 28 heavy (non-hydrogen) atoms. The molecule has 3 rings (SSSR count). The lowest BCUT2D eigenvalue weighted by Gasteiger charge is -2.13. The average molecular weight is 410 g/mol. The molecule has 2 aromatic carbocycles. The van der Waals surface area contributed by atoms with Crippen LogP contribution >= 0.6 is 11.8 Å². The molecule has 1 heterocycles. The van der Waals surface area contributed by atoms with E-state index >= 15 is 0 Å². The minimum Gasteiger partial charge on any atom is -0.448 e. The summed E-state index contributed by atoms with van der Waals surface area (Å²) in [4.78, 5) is 25.4. The summed E-state index contributed by atoms with van der Waals surface area (Å²) in [6, 6.07) is 11.9. The van der Waals surface area contributed by atoms with Crippen molar-refractivity contribution in [3.63, 3.8) is 0 Å². The molecule has 148 valence electrons. The summed E-state index contributed by atoms with van der Waals surface area (Å²) in [5.41, 5.74) is 0.730. The molecule has 0 aromatic heterocycles. The van der Waals surface area contributed by atoms with Crippen LogP contribution < -0.4 is 5.32 Å². The van der Waals surface area contributed by atoms with Gasteiger partial charge in [-0.15, -0.1) is 11.8 Å². The van der Waals surface area contributed by atoms with Gasteiger partial charge < -0.3 is 15.0 Å². The molecule has 0 atom stereocenters. The number of carbonyl (C=O) groups excluding carboxylic acids is 2. The normalized spacial score (nSPS) is 14.1. The quantitative estimate of drug-likeness (QED) is 0.718. The zero-order chi connectivity index (χ0) is 20.1. The van der Waals surface area contributed by atoms with E-state index in [-0.39, 0.29) is 17.8 Å². The highest BCUT2D eigenvalue weighted by atomic mass is 32.2. The van der Waals surface area contributed by atoms with E-state index in [0.29, 0.717) is 30.3 Å². The molecule has 2 aromatic rings. The van der Waals surface area contributed by atoms with Crippen LogP contribution in [0.3, 0.4) is 0 Å². The van der Waals surface area contributed by atoms with Gasteiger partial charge in [-0.25, -0.2) is 4.79 Å². The highest BCUT2D eigenvalue weighted by Crippen LogP contribution is 2.31. The summed E-state index contributed by atoms with van der Waals surface area (Å²) in [7, 11) is 0.